The molecule has 0 spiro atoms. The molecular formula is C22H18BrNO. The van der Waals surface area contributed by atoms with Gasteiger partial charge in [0.2, 0.25) is 0 Å². The molecule has 3 rings (SSSR count). The molecule has 1 N–H and O–H groups in total. The van der Waals surface area contributed by atoms with E-state index in [1.807, 2.05) is 84.9 Å². The van der Waals surface area contributed by atoms with Gasteiger partial charge in [-0.3, -0.25) is 0 Å². The van der Waals surface area contributed by atoms with E-state index in [-0.39, 0.29) is 0 Å². The molecule has 3 aromatic carbocycles. The monoisotopic (exact) mass is 391 g/mol. The van der Waals surface area contributed by atoms with E-state index in [4.69, 9.17) is 0 Å². The predicted octanol–water partition coefficient (Wildman–Crippen LogP) is 5.43. The SMILES string of the molecule is ON(Cc1ccccc1)C(C#Cc1ccccc1)c1ccccc1Br. The molecule has 0 aromatic heterocycles. The molecule has 1 atom stereocenters. The molecule has 0 aliphatic rings. The average Bonchev–Trinajstić information content (AvgIpc) is 2.65. The van der Waals surface area contributed by atoms with E-state index in [0.29, 0.717) is 6.54 Å². The van der Waals surface area contributed by atoms with Crippen LogP contribution in [-0.2, 0) is 6.54 Å². The van der Waals surface area contributed by atoms with Crippen molar-refractivity contribution in [3.8, 4) is 11.8 Å². The van der Waals surface area contributed by atoms with Crippen molar-refractivity contribution in [2.24, 2.45) is 0 Å². The van der Waals surface area contributed by atoms with E-state index >= 15 is 0 Å². The summed E-state index contributed by atoms with van der Waals surface area (Å²) in [5.41, 5.74) is 2.89. The molecule has 0 heterocycles. The summed E-state index contributed by atoms with van der Waals surface area (Å²) < 4.78 is 0.925. The van der Waals surface area contributed by atoms with Crippen LogP contribution >= 0.6 is 15.9 Å². The van der Waals surface area contributed by atoms with Gasteiger partial charge in [-0.2, -0.15) is 5.06 Å². The molecule has 0 radical (unpaired) electrons. The highest BCUT2D eigenvalue weighted by atomic mass is 79.9. The summed E-state index contributed by atoms with van der Waals surface area (Å²) in [4.78, 5) is 0. The summed E-state index contributed by atoms with van der Waals surface area (Å²) in [6.45, 7) is 0.399. The normalized spacial score (nSPS) is 11.6. The highest BCUT2D eigenvalue weighted by Gasteiger charge is 2.19. The zero-order chi connectivity index (χ0) is 17.5. The maximum atomic E-state index is 10.7. The zero-order valence-corrected chi connectivity index (χ0v) is 15.2. The lowest BCUT2D eigenvalue weighted by Gasteiger charge is -2.23. The summed E-state index contributed by atoms with van der Waals surface area (Å²) in [6.07, 6.45) is 0. The summed E-state index contributed by atoms with van der Waals surface area (Å²) >= 11 is 3.57. The lowest BCUT2D eigenvalue weighted by molar-refractivity contribution is -0.121. The first kappa shape index (κ1) is 17.4. The van der Waals surface area contributed by atoms with Crippen LogP contribution < -0.4 is 0 Å². The number of hydrogen-bond donors (Lipinski definition) is 1. The first-order valence-corrected chi connectivity index (χ1v) is 8.84. The number of hydrogen-bond acceptors (Lipinski definition) is 2. The molecule has 0 saturated heterocycles. The van der Waals surface area contributed by atoms with Gasteiger partial charge in [0.1, 0.15) is 6.04 Å². The van der Waals surface area contributed by atoms with Crippen LogP contribution in [0.1, 0.15) is 22.7 Å². The van der Waals surface area contributed by atoms with Crippen molar-refractivity contribution in [3.63, 3.8) is 0 Å². The summed E-state index contributed by atoms with van der Waals surface area (Å²) in [5, 5.41) is 12.0. The molecule has 3 heteroatoms. The molecule has 0 amide bonds. The van der Waals surface area contributed by atoms with E-state index < -0.39 is 6.04 Å². The van der Waals surface area contributed by atoms with Crippen LogP contribution in [0.5, 0.6) is 0 Å². The molecule has 2 nitrogen and oxygen atoms in total. The summed E-state index contributed by atoms with van der Waals surface area (Å²) in [6, 6.07) is 27.1. The van der Waals surface area contributed by atoms with Crippen molar-refractivity contribution in [1.29, 1.82) is 0 Å². The second-order valence-corrected chi connectivity index (χ2v) is 6.50. The Bertz CT molecular complexity index is 869. The first-order valence-electron chi connectivity index (χ1n) is 8.04. The minimum Gasteiger partial charge on any atom is -0.312 e. The lowest BCUT2D eigenvalue weighted by Crippen LogP contribution is -2.24. The zero-order valence-electron chi connectivity index (χ0n) is 13.6. The van der Waals surface area contributed by atoms with Gasteiger partial charge in [0.15, 0.2) is 0 Å². The van der Waals surface area contributed by atoms with Gasteiger partial charge in [0, 0.05) is 10.0 Å². The second kappa shape index (κ2) is 8.64. The summed E-state index contributed by atoms with van der Waals surface area (Å²) in [7, 11) is 0. The van der Waals surface area contributed by atoms with E-state index in [1.165, 1.54) is 5.06 Å². The largest absolute Gasteiger partial charge is 0.312 e. The van der Waals surface area contributed by atoms with Crippen LogP contribution in [-0.4, -0.2) is 10.3 Å². The minimum absolute atomic E-state index is 0.399. The smallest absolute Gasteiger partial charge is 0.122 e. The maximum Gasteiger partial charge on any atom is 0.122 e. The van der Waals surface area contributed by atoms with Gasteiger partial charge in [0.25, 0.3) is 0 Å². The molecule has 0 bridgehead atoms. The molecule has 0 fully saturated rings. The lowest BCUT2D eigenvalue weighted by atomic mass is 10.1. The number of nitrogens with zero attached hydrogens (tertiary/aromatic N) is 1. The van der Waals surface area contributed by atoms with Crippen molar-refractivity contribution < 1.29 is 5.21 Å². The Hall–Kier alpha value is -2.38. The van der Waals surface area contributed by atoms with E-state index in [9.17, 15) is 5.21 Å². The second-order valence-electron chi connectivity index (χ2n) is 5.64. The Morgan fingerprint density at radius 1 is 0.840 bits per heavy atom. The third kappa shape index (κ3) is 4.80. The van der Waals surface area contributed by atoms with Crippen LogP contribution in [0.2, 0.25) is 0 Å². The van der Waals surface area contributed by atoms with Crippen molar-refractivity contribution >= 4 is 15.9 Å². The third-order valence-corrected chi connectivity index (χ3v) is 4.53. The Morgan fingerprint density at radius 3 is 2.12 bits per heavy atom. The van der Waals surface area contributed by atoms with Gasteiger partial charge >= 0.3 is 0 Å². The number of benzene rings is 3. The van der Waals surface area contributed by atoms with Crippen molar-refractivity contribution in [1.82, 2.24) is 5.06 Å². The highest BCUT2D eigenvalue weighted by molar-refractivity contribution is 9.10. The van der Waals surface area contributed by atoms with Crippen LogP contribution in [0.3, 0.4) is 0 Å². The first-order chi connectivity index (χ1) is 12.2. The number of hydroxylamine groups is 2. The fraction of sp³-hybridized carbons (Fsp3) is 0.0909. The quantitative estimate of drug-likeness (QED) is 0.473. The number of halogens is 1. The average molecular weight is 392 g/mol. The van der Waals surface area contributed by atoms with Crippen LogP contribution in [0.25, 0.3) is 0 Å². The molecule has 0 aliphatic carbocycles. The van der Waals surface area contributed by atoms with Gasteiger partial charge in [-0.05, 0) is 29.3 Å². The van der Waals surface area contributed by atoms with Gasteiger partial charge in [-0.25, -0.2) is 0 Å². The Morgan fingerprint density at radius 2 is 1.44 bits per heavy atom. The van der Waals surface area contributed by atoms with Crippen molar-refractivity contribution in [2.75, 3.05) is 0 Å². The van der Waals surface area contributed by atoms with Crippen LogP contribution in [0, 0.1) is 11.8 Å². The molecule has 3 aromatic rings. The predicted molar refractivity (Wildman–Crippen MR) is 104 cm³/mol. The van der Waals surface area contributed by atoms with Crippen molar-refractivity contribution in [2.45, 2.75) is 12.6 Å². The van der Waals surface area contributed by atoms with Crippen LogP contribution in [0.15, 0.2) is 89.4 Å². The molecular weight excluding hydrogens is 374 g/mol. The molecule has 1 unspecified atom stereocenters. The van der Waals surface area contributed by atoms with E-state index in [0.717, 1.165) is 21.2 Å². The minimum atomic E-state index is -0.434. The number of rotatable bonds is 4. The standard InChI is InChI=1S/C22H18BrNO/c23-21-14-8-7-13-20(21)22(16-15-18-9-3-1-4-10-18)24(25)17-19-11-5-2-6-12-19/h1-14,22,25H,17H2. The van der Waals surface area contributed by atoms with E-state index in [2.05, 4.69) is 27.8 Å². The third-order valence-electron chi connectivity index (χ3n) is 3.81. The topological polar surface area (TPSA) is 23.5 Å². The highest BCUT2D eigenvalue weighted by Crippen LogP contribution is 2.27. The fourth-order valence-electron chi connectivity index (χ4n) is 2.54. The van der Waals surface area contributed by atoms with Gasteiger partial charge < -0.3 is 5.21 Å². The van der Waals surface area contributed by atoms with Crippen molar-refractivity contribution in [3.05, 3.63) is 106 Å². The van der Waals surface area contributed by atoms with E-state index in [1.54, 1.807) is 0 Å². The molecule has 25 heavy (non-hydrogen) atoms. The van der Waals surface area contributed by atoms with Gasteiger partial charge in [-0.1, -0.05) is 94.5 Å². The molecule has 0 aliphatic heterocycles. The Labute approximate surface area is 156 Å². The molecule has 0 saturated carbocycles. The van der Waals surface area contributed by atoms with Gasteiger partial charge in [-0.15, -0.1) is 0 Å². The maximum absolute atomic E-state index is 10.7. The molecule has 124 valence electrons. The fourth-order valence-corrected chi connectivity index (χ4v) is 3.05. The van der Waals surface area contributed by atoms with Gasteiger partial charge in [0.05, 0.1) is 6.54 Å². The van der Waals surface area contributed by atoms with Crippen LogP contribution in [0.4, 0.5) is 0 Å². The Balaban J connectivity index is 1.92. The Kier molecular flexibility index (Phi) is 6.03. The summed E-state index contributed by atoms with van der Waals surface area (Å²) in [5.74, 6) is 6.37.